The van der Waals surface area contributed by atoms with Gasteiger partial charge in [-0.2, -0.15) is 0 Å². The number of aryl methyl sites for hydroxylation is 1. The van der Waals surface area contributed by atoms with E-state index in [1.54, 1.807) is 0 Å². The Kier molecular flexibility index (Phi) is 3.76. The zero-order valence-corrected chi connectivity index (χ0v) is 9.85. The molecule has 1 aliphatic heterocycles. The third-order valence-corrected chi connectivity index (χ3v) is 2.96. The lowest BCUT2D eigenvalue weighted by Crippen LogP contribution is -2.29. The minimum atomic E-state index is -0.799. The molecule has 0 amide bonds. The summed E-state index contributed by atoms with van der Waals surface area (Å²) in [5.41, 5.74) is 2.34. The number of hydrogen-bond acceptors (Lipinski definition) is 3. The van der Waals surface area contributed by atoms with Gasteiger partial charge in [0.05, 0.1) is 12.7 Å². The molecule has 4 nitrogen and oxygen atoms in total. The van der Waals surface area contributed by atoms with Crippen molar-refractivity contribution in [3.63, 3.8) is 0 Å². The van der Waals surface area contributed by atoms with E-state index in [1.165, 1.54) is 5.56 Å². The van der Waals surface area contributed by atoms with Crippen LogP contribution in [0.5, 0.6) is 0 Å². The van der Waals surface area contributed by atoms with Crippen LogP contribution >= 0.6 is 0 Å². The molecule has 1 saturated heterocycles. The third-order valence-electron chi connectivity index (χ3n) is 2.96. The van der Waals surface area contributed by atoms with E-state index in [9.17, 15) is 4.79 Å². The molecule has 0 spiro atoms. The topological polar surface area (TPSA) is 58.6 Å². The van der Waals surface area contributed by atoms with Crippen molar-refractivity contribution in [2.75, 3.05) is 6.54 Å². The second-order valence-corrected chi connectivity index (χ2v) is 4.46. The molecular weight excluding hydrogens is 218 g/mol. The minimum Gasteiger partial charge on any atom is -0.480 e. The van der Waals surface area contributed by atoms with Crippen molar-refractivity contribution in [1.82, 2.24) is 5.32 Å². The third kappa shape index (κ3) is 3.28. The molecule has 0 unspecified atom stereocenters. The highest BCUT2D eigenvalue weighted by atomic mass is 16.5. The number of rotatable bonds is 4. The second kappa shape index (κ2) is 5.29. The highest BCUT2D eigenvalue weighted by molar-refractivity contribution is 5.73. The van der Waals surface area contributed by atoms with Gasteiger partial charge < -0.3 is 15.2 Å². The van der Waals surface area contributed by atoms with Gasteiger partial charge in [0.1, 0.15) is 6.04 Å². The molecule has 0 aromatic heterocycles. The molecular formula is C13H17NO3. The maximum absolute atomic E-state index is 10.7. The van der Waals surface area contributed by atoms with Gasteiger partial charge in [-0.15, -0.1) is 0 Å². The fourth-order valence-corrected chi connectivity index (χ4v) is 2.03. The predicted molar refractivity (Wildman–Crippen MR) is 63.8 cm³/mol. The number of ether oxygens (including phenoxy) is 1. The van der Waals surface area contributed by atoms with Crippen LogP contribution in [0.15, 0.2) is 24.3 Å². The molecule has 17 heavy (non-hydrogen) atoms. The van der Waals surface area contributed by atoms with Crippen LogP contribution in [0.1, 0.15) is 17.5 Å². The van der Waals surface area contributed by atoms with Crippen LogP contribution in [0.4, 0.5) is 0 Å². The lowest BCUT2D eigenvalue weighted by Gasteiger charge is -2.10. The Morgan fingerprint density at radius 1 is 1.59 bits per heavy atom. The average molecular weight is 235 g/mol. The van der Waals surface area contributed by atoms with Crippen molar-refractivity contribution in [2.45, 2.75) is 32.1 Å². The van der Waals surface area contributed by atoms with Crippen molar-refractivity contribution >= 4 is 5.97 Å². The van der Waals surface area contributed by atoms with Gasteiger partial charge in [0.15, 0.2) is 0 Å². The standard InChI is InChI=1S/C13H17NO3/c1-9-3-2-4-10(5-9)8-17-11-6-12(13(15)16)14-7-11/h2-5,11-12,14H,6-8H2,1H3,(H,15,16)/t11-,12+/m1/s1. The summed E-state index contributed by atoms with van der Waals surface area (Å²) < 4.78 is 5.70. The van der Waals surface area contributed by atoms with E-state index in [2.05, 4.69) is 11.4 Å². The molecule has 2 rings (SSSR count). The number of carbonyl (C=O) groups is 1. The van der Waals surface area contributed by atoms with Gasteiger partial charge in [0, 0.05) is 13.0 Å². The number of nitrogens with one attached hydrogen (secondary N) is 1. The molecule has 0 saturated carbocycles. The van der Waals surface area contributed by atoms with Crippen molar-refractivity contribution < 1.29 is 14.6 Å². The number of benzene rings is 1. The Hall–Kier alpha value is -1.39. The summed E-state index contributed by atoms with van der Waals surface area (Å²) in [7, 11) is 0. The van der Waals surface area contributed by atoms with Crippen LogP contribution in [0, 0.1) is 6.92 Å². The van der Waals surface area contributed by atoms with Gasteiger partial charge in [0.2, 0.25) is 0 Å². The number of carboxylic acid groups (broad SMARTS) is 1. The summed E-state index contributed by atoms with van der Waals surface area (Å²) in [5, 5.41) is 11.8. The molecule has 1 heterocycles. The van der Waals surface area contributed by atoms with Crippen LogP contribution < -0.4 is 5.32 Å². The molecule has 0 aliphatic carbocycles. The molecule has 1 aliphatic rings. The van der Waals surface area contributed by atoms with E-state index in [4.69, 9.17) is 9.84 Å². The quantitative estimate of drug-likeness (QED) is 0.826. The summed E-state index contributed by atoms with van der Waals surface area (Å²) in [6, 6.07) is 7.68. The Balaban J connectivity index is 1.82. The molecule has 92 valence electrons. The molecule has 1 fully saturated rings. The largest absolute Gasteiger partial charge is 0.480 e. The van der Waals surface area contributed by atoms with Gasteiger partial charge in [-0.25, -0.2) is 0 Å². The monoisotopic (exact) mass is 235 g/mol. The fraction of sp³-hybridized carbons (Fsp3) is 0.462. The lowest BCUT2D eigenvalue weighted by atomic mass is 10.1. The molecule has 0 radical (unpaired) electrons. The van der Waals surface area contributed by atoms with Crippen molar-refractivity contribution in [1.29, 1.82) is 0 Å². The highest BCUT2D eigenvalue weighted by Crippen LogP contribution is 2.13. The average Bonchev–Trinajstić information content (AvgIpc) is 2.75. The number of carboxylic acids is 1. The van der Waals surface area contributed by atoms with Crippen LogP contribution in [0.2, 0.25) is 0 Å². The maximum atomic E-state index is 10.7. The molecule has 1 aromatic carbocycles. The summed E-state index contributed by atoms with van der Waals surface area (Å²) in [4.78, 5) is 10.7. The first-order chi connectivity index (χ1) is 8.15. The van der Waals surface area contributed by atoms with Crippen LogP contribution in [0.25, 0.3) is 0 Å². The van der Waals surface area contributed by atoms with Gasteiger partial charge in [0.25, 0.3) is 0 Å². The van der Waals surface area contributed by atoms with Gasteiger partial charge in [-0.05, 0) is 12.5 Å². The first-order valence-corrected chi connectivity index (χ1v) is 5.78. The zero-order chi connectivity index (χ0) is 12.3. The minimum absolute atomic E-state index is 0.00314. The Morgan fingerprint density at radius 3 is 3.06 bits per heavy atom. The Labute approximate surface area is 101 Å². The normalized spacial score (nSPS) is 23.8. The first-order valence-electron chi connectivity index (χ1n) is 5.78. The van der Waals surface area contributed by atoms with E-state index in [-0.39, 0.29) is 6.10 Å². The van der Waals surface area contributed by atoms with Gasteiger partial charge in [-0.1, -0.05) is 29.8 Å². The Morgan fingerprint density at radius 2 is 2.41 bits per heavy atom. The lowest BCUT2D eigenvalue weighted by molar-refractivity contribution is -0.139. The fourth-order valence-electron chi connectivity index (χ4n) is 2.03. The Bertz CT molecular complexity index is 405. The summed E-state index contributed by atoms with van der Waals surface area (Å²) in [6.45, 7) is 3.20. The van der Waals surface area contributed by atoms with Crippen molar-refractivity contribution in [2.24, 2.45) is 0 Å². The van der Waals surface area contributed by atoms with Crippen molar-refractivity contribution in [3.8, 4) is 0 Å². The van der Waals surface area contributed by atoms with E-state index < -0.39 is 12.0 Å². The highest BCUT2D eigenvalue weighted by Gasteiger charge is 2.29. The first kappa shape index (κ1) is 12.1. The molecule has 1 aromatic rings. The summed E-state index contributed by atoms with van der Waals surface area (Å²) in [5.74, 6) is -0.799. The number of hydrogen-bond donors (Lipinski definition) is 2. The maximum Gasteiger partial charge on any atom is 0.320 e. The number of aliphatic carboxylic acids is 1. The van der Waals surface area contributed by atoms with E-state index in [0.29, 0.717) is 19.6 Å². The van der Waals surface area contributed by atoms with E-state index in [0.717, 1.165) is 5.56 Å². The summed E-state index contributed by atoms with van der Waals surface area (Å²) in [6.07, 6.45) is 0.540. The van der Waals surface area contributed by atoms with Crippen LogP contribution in [-0.2, 0) is 16.1 Å². The van der Waals surface area contributed by atoms with E-state index in [1.807, 2.05) is 25.1 Å². The van der Waals surface area contributed by atoms with Crippen molar-refractivity contribution in [3.05, 3.63) is 35.4 Å². The predicted octanol–water partition coefficient (Wildman–Crippen LogP) is 1.33. The van der Waals surface area contributed by atoms with Crippen LogP contribution in [0.3, 0.4) is 0 Å². The zero-order valence-electron chi connectivity index (χ0n) is 9.85. The van der Waals surface area contributed by atoms with E-state index >= 15 is 0 Å². The summed E-state index contributed by atoms with van der Waals surface area (Å²) >= 11 is 0. The molecule has 0 bridgehead atoms. The molecule has 2 N–H and O–H groups in total. The van der Waals surface area contributed by atoms with Gasteiger partial charge in [-0.3, -0.25) is 4.79 Å². The van der Waals surface area contributed by atoms with Crippen LogP contribution in [-0.4, -0.2) is 29.8 Å². The molecule has 4 heteroatoms. The second-order valence-electron chi connectivity index (χ2n) is 4.46. The SMILES string of the molecule is Cc1cccc(CO[C@H]2CN[C@H](C(=O)O)C2)c1. The van der Waals surface area contributed by atoms with Gasteiger partial charge >= 0.3 is 5.97 Å². The smallest absolute Gasteiger partial charge is 0.320 e. The molecule has 2 atom stereocenters.